The van der Waals surface area contributed by atoms with Crippen LogP contribution in [-0.2, 0) is 11.2 Å². The minimum absolute atomic E-state index is 0.00128. The molecule has 3 saturated carbocycles. The molecule has 3 aliphatic rings. The Kier molecular flexibility index (Phi) is 5.64. The van der Waals surface area contributed by atoms with Crippen molar-refractivity contribution in [1.29, 1.82) is 0 Å². The second-order valence-corrected chi connectivity index (χ2v) is 8.46. The molecule has 0 aliphatic heterocycles. The highest BCUT2D eigenvalue weighted by Crippen LogP contribution is 2.52. The highest BCUT2D eigenvalue weighted by Gasteiger charge is 2.57. The van der Waals surface area contributed by atoms with E-state index >= 15 is 0 Å². The molecular formula is C22H23ClFN3O3. The molecule has 2 amide bonds. The second kappa shape index (κ2) is 8.22. The van der Waals surface area contributed by atoms with Gasteiger partial charge in [0.2, 0.25) is 0 Å². The van der Waals surface area contributed by atoms with Gasteiger partial charge in [-0.25, -0.2) is 4.39 Å². The Morgan fingerprint density at radius 1 is 1.27 bits per heavy atom. The van der Waals surface area contributed by atoms with E-state index in [2.05, 4.69) is 15.6 Å². The predicted molar refractivity (Wildman–Crippen MR) is 110 cm³/mol. The van der Waals surface area contributed by atoms with E-state index in [9.17, 15) is 14.0 Å². The fourth-order valence-electron chi connectivity index (χ4n) is 4.34. The molecule has 2 aromatic rings. The molecule has 1 unspecified atom stereocenters. The largest absolute Gasteiger partial charge is 0.484 e. The highest BCUT2D eigenvalue weighted by atomic mass is 35.5. The van der Waals surface area contributed by atoms with Gasteiger partial charge < -0.3 is 15.4 Å². The van der Waals surface area contributed by atoms with Crippen LogP contribution in [0.3, 0.4) is 0 Å². The van der Waals surface area contributed by atoms with Crippen molar-refractivity contribution in [3.63, 3.8) is 0 Å². The third-order valence-corrected chi connectivity index (χ3v) is 6.24. The Hall–Kier alpha value is -2.67. The van der Waals surface area contributed by atoms with Crippen LogP contribution < -0.4 is 15.4 Å². The number of carbonyl (C=O) groups is 2. The number of halogens is 2. The predicted octanol–water partition coefficient (Wildman–Crippen LogP) is 3.28. The molecule has 2 bridgehead atoms. The number of hydrogen-bond donors (Lipinski definition) is 2. The maximum Gasteiger partial charge on any atom is 0.270 e. The first-order chi connectivity index (χ1) is 14.4. The Balaban J connectivity index is 1.27. The number of aromatic nitrogens is 1. The van der Waals surface area contributed by atoms with Crippen molar-refractivity contribution in [3.8, 4) is 5.75 Å². The fraction of sp³-hybridized carbons (Fsp3) is 0.409. The zero-order chi connectivity index (χ0) is 21.3. The maximum atomic E-state index is 13.4. The van der Waals surface area contributed by atoms with Gasteiger partial charge in [-0.05, 0) is 55.4 Å². The van der Waals surface area contributed by atoms with Gasteiger partial charge in [0, 0.05) is 23.8 Å². The van der Waals surface area contributed by atoms with Gasteiger partial charge in [-0.3, -0.25) is 14.6 Å². The van der Waals surface area contributed by atoms with Crippen LogP contribution >= 0.6 is 11.6 Å². The number of fused-ring (bicyclic) bond motifs is 1. The number of ether oxygens (including phenoxy) is 1. The Labute approximate surface area is 179 Å². The van der Waals surface area contributed by atoms with Gasteiger partial charge in [-0.1, -0.05) is 24.6 Å². The fourth-order valence-corrected chi connectivity index (χ4v) is 4.46. The van der Waals surface area contributed by atoms with E-state index in [4.69, 9.17) is 16.3 Å². The van der Waals surface area contributed by atoms with Crippen LogP contribution in [0, 0.1) is 11.7 Å². The first kappa shape index (κ1) is 20.6. The zero-order valence-corrected chi connectivity index (χ0v) is 17.3. The third-order valence-electron chi connectivity index (χ3n) is 5.94. The molecule has 5 rings (SSSR count). The van der Waals surface area contributed by atoms with Gasteiger partial charge in [0.1, 0.15) is 17.3 Å². The van der Waals surface area contributed by atoms with Crippen molar-refractivity contribution in [1.82, 2.24) is 15.6 Å². The standard InChI is InChI=1S/C22H23ClFN3O3/c1-2-13-3-6-18(25-11-13)21(29)27-22-8-14(9-22)19(10-22)26-20(28)12-30-15-4-5-16(23)17(24)7-15/h3-7,11,14,19H,2,8-10,12H2,1H3,(H,26,28)(H,27,29). The van der Waals surface area contributed by atoms with Crippen molar-refractivity contribution < 1.29 is 18.7 Å². The molecule has 1 atom stereocenters. The van der Waals surface area contributed by atoms with E-state index in [-0.39, 0.29) is 40.8 Å². The first-order valence-electron chi connectivity index (χ1n) is 10.0. The van der Waals surface area contributed by atoms with Crippen LogP contribution in [-0.4, -0.2) is 35.0 Å². The number of benzene rings is 1. The SMILES string of the molecule is CCc1ccc(C(=O)NC23CC(C2)C(NC(=O)COc2ccc(Cl)c(F)c2)C3)nc1. The molecule has 1 aromatic carbocycles. The second-order valence-electron chi connectivity index (χ2n) is 8.05. The third kappa shape index (κ3) is 4.26. The van der Waals surface area contributed by atoms with Crippen LogP contribution in [0.2, 0.25) is 5.02 Å². The van der Waals surface area contributed by atoms with Gasteiger partial charge in [-0.2, -0.15) is 0 Å². The topological polar surface area (TPSA) is 80.3 Å². The Bertz CT molecular complexity index is 961. The summed E-state index contributed by atoms with van der Waals surface area (Å²) in [5, 5.41) is 6.08. The molecule has 1 heterocycles. The van der Waals surface area contributed by atoms with Gasteiger partial charge in [0.05, 0.1) is 5.02 Å². The lowest BCUT2D eigenvalue weighted by atomic mass is 9.76. The summed E-state index contributed by atoms with van der Waals surface area (Å²) < 4.78 is 18.8. The van der Waals surface area contributed by atoms with Crippen LogP contribution in [0.15, 0.2) is 36.5 Å². The average Bonchev–Trinajstić information content (AvgIpc) is 3.22. The van der Waals surface area contributed by atoms with Crippen molar-refractivity contribution in [3.05, 3.63) is 58.6 Å². The number of hydrogen-bond acceptors (Lipinski definition) is 4. The summed E-state index contributed by atoms with van der Waals surface area (Å²) in [7, 11) is 0. The Morgan fingerprint density at radius 3 is 2.73 bits per heavy atom. The number of rotatable bonds is 7. The van der Waals surface area contributed by atoms with E-state index in [1.54, 1.807) is 12.3 Å². The number of pyridine rings is 1. The molecule has 2 N–H and O–H groups in total. The van der Waals surface area contributed by atoms with Crippen LogP contribution in [0.1, 0.15) is 42.2 Å². The summed E-state index contributed by atoms with van der Waals surface area (Å²) in [5.74, 6) is -0.481. The molecule has 3 aliphatic carbocycles. The summed E-state index contributed by atoms with van der Waals surface area (Å²) in [6.07, 6.45) is 4.94. The average molecular weight is 432 g/mol. The molecule has 8 heteroatoms. The molecule has 30 heavy (non-hydrogen) atoms. The van der Waals surface area contributed by atoms with E-state index in [1.165, 1.54) is 12.1 Å². The van der Waals surface area contributed by atoms with Crippen molar-refractivity contribution in [2.24, 2.45) is 5.92 Å². The summed E-state index contributed by atoms with van der Waals surface area (Å²) in [6, 6.07) is 7.68. The summed E-state index contributed by atoms with van der Waals surface area (Å²) in [6.45, 7) is 1.83. The maximum absolute atomic E-state index is 13.4. The normalized spacial score (nSPS) is 24.1. The molecule has 158 valence electrons. The number of amides is 2. The Morgan fingerprint density at radius 2 is 2.07 bits per heavy atom. The van der Waals surface area contributed by atoms with Gasteiger partial charge in [0.25, 0.3) is 11.8 Å². The van der Waals surface area contributed by atoms with Gasteiger partial charge in [-0.15, -0.1) is 0 Å². The zero-order valence-electron chi connectivity index (χ0n) is 16.6. The molecular weight excluding hydrogens is 409 g/mol. The number of nitrogens with one attached hydrogen (secondary N) is 2. The van der Waals surface area contributed by atoms with E-state index < -0.39 is 5.82 Å². The van der Waals surface area contributed by atoms with E-state index in [0.29, 0.717) is 18.0 Å². The van der Waals surface area contributed by atoms with Gasteiger partial charge >= 0.3 is 0 Å². The molecule has 3 fully saturated rings. The van der Waals surface area contributed by atoms with Crippen LogP contribution in [0.5, 0.6) is 5.75 Å². The molecule has 0 spiro atoms. The molecule has 1 aromatic heterocycles. The quantitative estimate of drug-likeness (QED) is 0.705. The molecule has 0 saturated heterocycles. The minimum Gasteiger partial charge on any atom is -0.484 e. The lowest BCUT2D eigenvalue weighted by molar-refractivity contribution is -0.124. The minimum atomic E-state index is -0.595. The van der Waals surface area contributed by atoms with E-state index in [0.717, 1.165) is 30.9 Å². The first-order valence-corrected chi connectivity index (χ1v) is 10.4. The number of aryl methyl sites for hydroxylation is 1. The van der Waals surface area contributed by atoms with Crippen molar-refractivity contribution in [2.45, 2.75) is 44.2 Å². The van der Waals surface area contributed by atoms with Crippen molar-refractivity contribution in [2.75, 3.05) is 6.61 Å². The summed E-state index contributed by atoms with van der Waals surface area (Å²) >= 11 is 5.64. The summed E-state index contributed by atoms with van der Waals surface area (Å²) in [4.78, 5) is 29.0. The lowest BCUT2D eigenvalue weighted by Gasteiger charge is -2.39. The number of nitrogens with zero attached hydrogens (tertiary/aromatic N) is 1. The smallest absolute Gasteiger partial charge is 0.270 e. The molecule has 6 nitrogen and oxygen atoms in total. The van der Waals surface area contributed by atoms with Crippen LogP contribution in [0.4, 0.5) is 4.39 Å². The van der Waals surface area contributed by atoms with Crippen molar-refractivity contribution >= 4 is 23.4 Å². The monoisotopic (exact) mass is 431 g/mol. The summed E-state index contributed by atoms with van der Waals surface area (Å²) in [5.41, 5.74) is 1.20. The van der Waals surface area contributed by atoms with Gasteiger partial charge in [0.15, 0.2) is 6.61 Å². The highest BCUT2D eigenvalue weighted by molar-refractivity contribution is 6.30. The number of carbonyl (C=O) groups excluding carboxylic acids is 2. The van der Waals surface area contributed by atoms with E-state index in [1.807, 2.05) is 13.0 Å². The lowest BCUT2D eigenvalue weighted by Crippen LogP contribution is -2.52. The van der Waals surface area contributed by atoms with Crippen LogP contribution in [0.25, 0.3) is 0 Å². The molecule has 0 radical (unpaired) electrons.